The molecule has 0 radical (unpaired) electrons. The van der Waals surface area contributed by atoms with E-state index in [0.717, 1.165) is 98.3 Å². The number of halogens is 1. The van der Waals surface area contributed by atoms with Gasteiger partial charge in [-0.25, -0.2) is 14.8 Å². The maximum atomic E-state index is 12.9. The number of likely N-dealkylation sites (tertiary alicyclic amines) is 2. The highest BCUT2D eigenvalue weighted by Gasteiger charge is 2.52. The predicted molar refractivity (Wildman–Crippen MR) is 212 cm³/mol. The first-order valence-corrected chi connectivity index (χ1v) is 20.1. The number of nitrogens with one attached hydrogen (secondary N) is 1. The van der Waals surface area contributed by atoms with E-state index in [0.29, 0.717) is 43.1 Å². The summed E-state index contributed by atoms with van der Waals surface area (Å²) in [6, 6.07) is 10.1. The number of pyridine rings is 2. The Morgan fingerprint density at radius 1 is 0.857 bits per heavy atom. The third kappa shape index (κ3) is 6.70. The molecule has 2 amide bonds. The molecule has 0 aliphatic carbocycles. The highest BCUT2D eigenvalue weighted by atomic mass is 35.5. The molecule has 56 heavy (non-hydrogen) atoms. The second-order valence-corrected chi connectivity index (χ2v) is 17.5. The summed E-state index contributed by atoms with van der Waals surface area (Å²) in [7, 11) is 0. The Morgan fingerprint density at radius 3 is 2.14 bits per heavy atom. The minimum Gasteiger partial charge on any atom is -0.444 e. The van der Waals surface area contributed by atoms with Gasteiger partial charge in [0.2, 0.25) is 5.91 Å². The van der Waals surface area contributed by atoms with E-state index in [9.17, 15) is 9.59 Å². The largest absolute Gasteiger partial charge is 0.444 e. The van der Waals surface area contributed by atoms with Gasteiger partial charge in [-0.1, -0.05) is 11.6 Å². The number of amides is 2. The maximum Gasteiger partial charge on any atom is 0.410 e. The number of nitrogens with two attached hydrogens (primary N) is 1. The topological polar surface area (TPSA) is 162 Å². The fraction of sp³-hybridized carbons (Fsp3) is 0.512. The van der Waals surface area contributed by atoms with E-state index in [1.54, 1.807) is 23.4 Å². The van der Waals surface area contributed by atoms with Crippen LogP contribution in [0.5, 0.6) is 0 Å². The number of H-pyrrole nitrogens is 1. The van der Waals surface area contributed by atoms with E-state index < -0.39 is 5.60 Å². The van der Waals surface area contributed by atoms with Gasteiger partial charge in [-0.3, -0.25) is 14.2 Å². The van der Waals surface area contributed by atoms with Gasteiger partial charge in [0.15, 0.2) is 0 Å². The van der Waals surface area contributed by atoms with Crippen LogP contribution in [0.3, 0.4) is 0 Å². The zero-order valence-corrected chi connectivity index (χ0v) is 33.0. The van der Waals surface area contributed by atoms with Crippen LogP contribution in [0.2, 0.25) is 5.02 Å². The van der Waals surface area contributed by atoms with Crippen LogP contribution in [0.25, 0.3) is 33.5 Å². The van der Waals surface area contributed by atoms with Crippen LogP contribution in [0, 0.1) is 5.92 Å². The summed E-state index contributed by atoms with van der Waals surface area (Å²) in [5.41, 5.74) is 12.4. The molecule has 294 valence electrons. The van der Waals surface area contributed by atoms with Crippen molar-refractivity contribution in [2.45, 2.75) is 88.8 Å². The second-order valence-electron chi connectivity index (χ2n) is 17.1. The summed E-state index contributed by atoms with van der Waals surface area (Å²) in [4.78, 5) is 40.7. The first-order valence-electron chi connectivity index (χ1n) is 19.7. The van der Waals surface area contributed by atoms with Crippen molar-refractivity contribution in [1.82, 2.24) is 44.3 Å². The number of nitrogen functional groups attached to an aromatic ring is 1. The van der Waals surface area contributed by atoms with Gasteiger partial charge in [-0.2, -0.15) is 10.2 Å². The van der Waals surface area contributed by atoms with Crippen LogP contribution in [-0.4, -0.2) is 101 Å². The van der Waals surface area contributed by atoms with Crippen LogP contribution < -0.4 is 5.73 Å². The van der Waals surface area contributed by atoms with Crippen LogP contribution in [0.15, 0.2) is 48.9 Å². The molecule has 5 aliphatic heterocycles. The molecule has 3 N–H and O–H groups in total. The summed E-state index contributed by atoms with van der Waals surface area (Å²) in [5.74, 6) is 0.971. The van der Waals surface area contributed by atoms with Crippen molar-refractivity contribution in [2.75, 3.05) is 45.1 Å². The minimum absolute atomic E-state index is 0.00336. The van der Waals surface area contributed by atoms with E-state index in [2.05, 4.69) is 47.4 Å². The van der Waals surface area contributed by atoms with Gasteiger partial charge in [0.05, 0.1) is 16.4 Å². The number of carbonyl (C=O) groups excluding carboxylic acids is 2. The minimum atomic E-state index is -0.466. The molecule has 10 rings (SSSR count). The summed E-state index contributed by atoms with van der Waals surface area (Å²) in [6.07, 6.45) is 11.0. The van der Waals surface area contributed by atoms with Gasteiger partial charge in [0, 0.05) is 116 Å². The maximum absolute atomic E-state index is 12.9. The van der Waals surface area contributed by atoms with Crippen molar-refractivity contribution in [3.63, 3.8) is 0 Å². The smallest absolute Gasteiger partial charge is 0.410 e. The Kier molecular flexibility index (Phi) is 9.11. The molecule has 3 saturated heterocycles. The zero-order chi connectivity index (χ0) is 38.8. The predicted octanol–water partition coefficient (Wildman–Crippen LogP) is 6.19. The standard InChI is InChI=1S/C23H26ClN5O2.C18H23N5O2/c24-18-14-26-21-17(18)11-16(13-25-21)19-12-20-23(5-8-29(20)27-19)3-6-28(7-4-23)22(30)15-1-9-31-10-2-15;1-17(2,3)25-16(24)22-10-18(11-22)6-7-23-14(18)8-13(21-23)12-4-5-15(19)20-9-12/h11-15H,1-10H2,(H,25,26);4-5,8-9H,6-7,10-11H2,1-3H3,(H2,19,20). The zero-order valence-electron chi connectivity index (χ0n) is 32.3. The summed E-state index contributed by atoms with van der Waals surface area (Å²) in [6.45, 7) is 11.9. The normalized spacial score (nSPS) is 19.8. The van der Waals surface area contributed by atoms with Gasteiger partial charge in [0.25, 0.3) is 0 Å². The number of nitrogens with zero attached hydrogens (tertiary/aromatic N) is 8. The van der Waals surface area contributed by atoms with E-state index in [1.807, 2.05) is 33.0 Å². The van der Waals surface area contributed by atoms with Gasteiger partial charge in [0.1, 0.15) is 17.1 Å². The fourth-order valence-electron chi connectivity index (χ4n) is 9.20. The van der Waals surface area contributed by atoms with Crippen LogP contribution >= 0.6 is 11.6 Å². The van der Waals surface area contributed by atoms with E-state index in [1.165, 1.54) is 11.4 Å². The number of aromatic nitrogens is 7. The molecule has 0 aromatic carbocycles. The molecule has 5 aromatic heterocycles. The molecular weight excluding hydrogens is 732 g/mol. The second kappa shape index (κ2) is 13.9. The average Bonchev–Trinajstić information content (AvgIpc) is 4.00. The third-order valence-corrected chi connectivity index (χ3v) is 12.7. The average molecular weight is 781 g/mol. The van der Waals surface area contributed by atoms with Crippen molar-refractivity contribution in [3.8, 4) is 22.5 Å². The van der Waals surface area contributed by atoms with Crippen molar-refractivity contribution in [1.29, 1.82) is 0 Å². The van der Waals surface area contributed by atoms with Crippen molar-refractivity contribution >= 4 is 40.5 Å². The lowest BCUT2D eigenvalue weighted by Crippen LogP contribution is -2.61. The Hall–Kier alpha value is -4.95. The molecular formula is C41H49ClN10O4. The number of hydrogen-bond acceptors (Lipinski definition) is 9. The fourth-order valence-corrected chi connectivity index (χ4v) is 9.40. The molecule has 15 heteroatoms. The number of piperidine rings is 1. The number of aryl methyl sites for hydroxylation is 2. The summed E-state index contributed by atoms with van der Waals surface area (Å²) in [5, 5.41) is 11.2. The Labute approximate surface area is 330 Å². The lowest BCUT2D eigenvalue weighted by atomic mass is 9.74. The Bertz CT molecular complexity index is 2270. The molecule has 2 spiro atoms. The van der Waals surface area contributed by atoms with Crippen molar-refractivity contribution in [3.05, 3.63) is 65.3 Å². The summed E-state index contributed by atoms with van der Waals surface area (Å²) >= 11 is 6.28. The van der Waals surface area contributed by atoms with E-state index in [-0.39, 0.29) is 22.8 Å². The molecule has 0 atom stereocenters. The molecule has 5 aromatic rings. The lowest BCUT2D eigenvalue weighted by Gasteiger charge is -2.47. The van der Waals surface area contributed by atoms with Gasteiger partial charge in [-0.05, 0) is 89.6 Å². The molecule has 10 heterocycles. The molecule has 0 bridgehead atoms. The Balaban J connectivity index is 0.000000150. The molecule has 5 aliphatic rings. The van der Waals surface area contributed by atoms with E-state index in [4.69, 9.17) is 37.0 Å². The highest BCUT2D eigenvalue weighted by molar-refractivity contribution is 6.35. The number of carbonyl (C=O) groups is 2. The monoisotopic (exact) mass is 780 g/mol. The Morgan fingerprint density at radius 2 is 1.48 bits per heavy atom. The number of hydrogen-bond donors (Lipinski definition) is 2. The number of aromatic amines is 1. The molecule has 3 fully saturated rings. The van der Waals surface area contributed by atoms with Crippen molar-refractivity contribution < 1.29 is 19.1 Å². The van der Waals surface area contributed by atoms with Gasteiger partial charge in [-0.15, -0.1) is 0 Å². The van der Waals surface area contributed by atoms with Gasteiger partial charge >= 0.3 is 6.09 Å². The van der Waals surface area contributed by atoms with Crippen molar-refractivity contribution in [2.24, 2.45) is 5.92 Å². The number of fused-ring (bicyclic) bond motifs is 5. The van der Waals surface area contributed by atoms with Crippen LogP contribution in [0.4, 0.5) is 10.6 Å². The quantitative estimate of drug-likeness (QED) is 0.218. The molecule has 14 nitrogen and oxygen atoms in total. The lowest BCUT2D eigenvalue weighted by molar-refractivity contribution is -0.140. The first-order chi connectivity index (χ1) is 26.9. The first kappa shape index (κ1) is 36.7. The number of ether oxygens (including phenoxy) is 2. The molecule has 0 saturated carbocycles. The SMILES string of the molecule is CC(C)(C)OC(=O)N1CC2(CCn3nc(-c4ccc(N)nc4)cc32)C1.O=C(C1CCOCC1)N1CCC2(CC1)CCn1nc(-c3cnc4[nH]cc(Cl)c4c3)cc12. The van der Waals surface area contributed by atoms with E-state index >= 15 is 0 Å². The van der Waals surface area contributed by atoms with Gasteiger partial charge < -0.3 is 30.0 Å². The number of anilines is 1. The third-order valence-electron chi connectivity index (χ3n) is 12.4. The molecule has 0 unspecified atom stereocenters. The highest BCUT2D eigenvalue weighted by Crippen LogP contribution is 2.46. The van der Waals surface area contributed by atoms with Crippen LogP contribution in [-0.2, 0) is 38.2 Å². The van der Waals surface area contributed by atoms with Crippen LogP contribution in [0.1, 0.15) is 70.7 Å². The number of rotatable bonds is 3. The summed E-state index contributed by atoms with van der Waals surface area (Å²) < 4.78 is 15.1.